The van der Waals surface area contributed by atoms with E-state index in [4.69, 9.17) is 23.2 Å². The van der Waals surface area contributed by atoms with Crippen molar-refractivity contribution in [2.24, 2.45) is 15.9 Å². The number of nitrogens with two attached hydrogens (primary N) is 2. The van der Waals surface area contributed by atoms with Crippen LogP contribution in [0.4, 0.5) is 5.82 Å². The van der Waals surface area contributed by atoms with Gasteiger partial charge in [-0.05, 0) is 78.7 Å². The van der Waals surface area contributed by atoms with Gasteiger partial charge in [0.25, 0.3) is 5.91 Å². The number of nitrogen functional groups attached to an aromatic ring is 1. The van der Waals surface area contributed by atoms with E-state index in [-0.39, 0.29) is 11.8 Å². The summed E-state index contributed by atoms with van der Waals surface area (Å²) in [5.41, 5.74) is 10.9. The van der Waals surface area contributed by atoms with Crippen LogP contribution in [0.1, 0.15) is 35.2 Å². The molecule has 0 aliphatic rings. The maximum atomic E-state index is 12.8. The molecule has 0 aliphatic carbocycles. The first kappa shape index (κ1) is 24.1. The summed E-state index contributed by atoms with van der Waals surface area (Å²) in [6.45, 7) is 6.22. The van der Waals surface area contributed by atoms with Gasteiger partial charge in [0, 0.05) is 29.7 Å². The van der Waals surface area contributed by atoms with Crippen molar-refractivity contribution in [2.75, 3.05) is 5.73 Å². The zero-order valence-corrected chi connectivity index (χ0v) is 20.5. The average Bonchev–Trinajstić information content (AvgIpc) is 2.84. The summed E-state index contributed by atoms with van der Waals surface area (Å²) >= 11 is 6.06. The number of halogens is 1. The summed E-state index contributed by atoms with van der Waals surface area (Å²) < 4.78 is 0. The molecule has 0 radical (unpaired) electrons. The van der Waals surface area contributed by atoms with Gasteiger partial charge in [-0.1, -0.05) is 17.7 Å². The molecule has 2 heterocycles. The number of rotatable bonds is 6. The first-order valence-electron chi connectivity index (χ1n) is 11.1. The number of aromatic nitrogens is 2. The number of amides is 1. The molecule has 35 heavy (non-hydrogen) atoms. The molecule has 2 aromatic heterocycles. The van der Waals surface area contributed by atoms with Crippen LogP contribution in [-0.4, -0.2) is 27.8 Å². The Kier molecular flexibility index (Phi) is 6.93. The summed E-state index contributed by atoms with van der Waals surface area (Å²) in [7, 11) is 0. The largest absolute Gasteiger partial charge is 0.383 e. The highest BCUT2D eigenvalue weighted by Gasteiger charge is 2.14. The SMILES string of the molecule is Cc1cc2c(N)nccc2c(C)c1CNC(=O)/C(C=NC(C)c1ccc2ncc(Cl)cc2c1)=N/N. The predicted molar refractivity (Wildman–Crippen MR) is 143 cm³/mol. The Morgan fingerprint density at radius 2 is 1.97 bits per heavy atom. The highest BCUT2D eigenvalue weighted by molar-refractivity contribution is 6.60. The van der Waals surface area contributed by atoms with Crippen LogP contribution < -0.4 is 16.9 Å². The molecule has 4 rings (SSSR count). The van der Waals surface area contributed by atoms with Crippen molar-refractivity contribution in [3.05, 3.63) is 76.1 Å². The Hall–Kier alpha value is -4.04. The van der Waals surface area contributed by atoms with Crippen molar-refractivity contribution in [1.29, 1.82) is 0 Å². The van der Waals surface area contributed by atoms with Crippen LogP contribution in [0.2, 0.25) is 5.02 Å². The number of carbonyl (C=O) groups excluding carboxylic acids is 1. The maximum absolute atomic E-state index is 12.8. The molecule has 8 nitrogen and oxygen atoms in total. The lowest BCUT2D eigenvalue weighted by molar-refractivity contribution is -0.114. The summed E-state index contributed by atoms with van der Waals surface area (Å²) in [5, 5.41) is 9.92. The topological polar surface area (TPSA) is 132 Å². The second-order valence-corrected chi connectivity index (χ2v) is 8.78. The normalized spacial score (nSPS) is 13.0. The van der Waals surface area contributed by atoms with Crippen LogP contribution in [0.3, 0.4) is 0 Å². The van der Waals surface area contributed by atoms with E-state index in [0.29, 0.717) is 17.4 Å². The predicted octanol–water partition coefficient (Wildman–Crippen LogP) is 4.40. The lowest BCUT2D eigenvalue weighted by Gasteiger charge is -2.15. The molecule has 0 spiro atoms. The molecule has 0 fully saturated rings. The van der Waals surface area contributed by atoms with Crippen LogP contribution in [0.25, 0.3) is 21.7 Å². The molecular formula is C26H26ClN7O. The van der Waals surface area contributed by atoms with Crippen molar-refractivity contribution in [1.82, 2.24) is 15.3 Å². The van der Waals surface area contributed by atoms with Gasteiger partial charge in [-0.3, -0.25) is 14.8 Å². The van der Waals surface area contributed by atoms with Crippen LogP contribution in [0.15, 0.2) is 58.9 Å². The molecule has 4 aromatic rings. The Balaban J connectivity index is 1.48. The van der Waals surface area contributed by atoms with E-state index in [0.717, 1.165) is 43.9 Å². The molecule has 2 aromatic carbocycles. The van der Waals surface area contributed by atoms with E-state index in [1.807, 2.05) is 57.2 Å². The van der Waals surface area contributed by atoms with Crippen molar-refractivity contribution >= 4 is 56.9 Å². The quantitative estimate of drug-likeness (QED) is 0.211. The Labute approximate surface area is 208 Å². The highest BCUT2D eigenvalue weighted by atomic mass is 35.5. The molecule has 0 saturated heterocycles. The van der Waals surface area contributed by atoms with Crippen LogP contribution in [0, 0.1) is 13.8 Å². The molecule has 0 saturated carbocycles. The molecule has 178 valence electrons. The van der Waals surface area contributed by atoms with Gasteiger partial charge in [-0.25, -0.2) is 4.98 Å². The van der Waals surface area contributed by atoms with Crippen LogP contribution >= 0.6 is 11.6 Å². The fourth-order valence-corrected chi connectivity index (χ4v) is 4.23. The smallest absolute Gasteiger partial charge is 0.273 e. The number of fused-ring (bicyclic) bond motifs is 2. The summed E-state index contributed by atoms with van der Waals surface area (Å²) in [6, 6.07) is 11.4. The minimum atomic E-state index is -0.411. The number of pyridine rings is 2. The number of anilines is 1. The van der Waals surface area contributed by atoms with E-state index in [9.17, 15) is 4.79 Å². The summed E-state index contributed by atoms with van der Waals surface area (Å²) in [4.78, 5) is 25.7. The fourth-order valence-electron chi connectivity index (χ4n) is 4.06. The molecule has 9 heteroatoms. The minimum absolute atomic E-state index is 0.0342. The zero-order valence-electron chi connectivity index (χ0n) is 19.7. The number of nitrogens with one attached hydrogen (secondary N) is 1. The number of nitrogens with zero attached hydrogens (tertiary/aromatic N) is 4. The average molecular weight is 488 g/mol. The lowest BCUT2D eigenvalue weighted by atomic mass is 9.96. The van der Waals surface area contributed by atoms with Gasteiger partial charge in [0.1, 0.15) is 5.82 Å². The van der Waals surface area contributed by atoms with Crippen molar-refractivity contribution in [3.8, 4) is 0 Å². The Morgan fingerprint density at radius 1 is 1.17 bits per heavy atom. The molecule has 0 aliphatic heterocycles. The van der Waals surface area contributed by atoms with Crippen LogP contribution in [-0.2, 0) is 11.3 Å². The lowest BCUT2D eigenvalue weighted by Crippen LogP contribution is -2.32. The second-order valence-electron chi connectivity index (χ2n) is 8.35. The number of hydrogen-bond acceptors (Lipinski definition) is 7. The van der Waals surface area contributed by atoms with E-state index in [1.165, 1.54) is 6.21 Å². The third-order valence-corrected chi connectivity index (χ3v) is 6.29. The fraction of sp³-hybridized carbons (Fsp3) is 0.192. The van der Waals surface area contributed by atoms with Gasteiger partial charge in [0.15, 0.2) is 5.71 Å². The maximum Gasteiger partial charge on any atom is 0.273 e. The van der Waals surface area contributed by atoms with Gasteiger partial charge in [-0.15, -0.1) is 0 Å². The molecule has 0 bridgehead atoms. The number of hydrazone groups is 1. The number of aliphatic imine (C=N–C) groups is 1. The van der Waals surface area contributed by atoms with Gasteiger partial charge >= 0.3 is 0 Å². The molecule has 5 N–H and O–H groups in total. The summed E-state index contributed by atoms with van der Waals surface area (Å²) in [5.74, 6) is 5.57. The molecular weight excluding hydrogens is 462 g/mol. The number of aryl methyl sites for hydroxylation is 2. The van der Waals surface area contributed by atoms with Crippen molar-refractivity contribution in [2.45, 2.75) is 33.4 Å². The number of hydrogen-bond donors (Lipinski definition) is 3. The Bertz CT molecular complexity index is 1500. The first-order chi connectivity index (χ1) is 16.8. The minimum Gasteiger partial charge on any atom is -0.383 e. The zero-order chi connectivity index (χ0) is 25.1. The third-order valence-electron chi connectivity index (χ3n) is 6.09. The van der Waals surface area contributed by atoms with E-state index in [2.05, 4.69) is 25.4 Å². The second kappa shape index (κ2) is 10.1. The molecule has 1 amide bonds. The monoisotopic (exact) mass is 487 g/mol. The standard InChI is InChI=1S/C26H26ClN7O/c1-14-8-21-20(6-7-30-25(21)28)15(2)22(14)12-33-26(35)24(34-29)13-31-16(3)17-4-5-23-18(9-17)10-19(27)11-32-23/h4-11,13,16H,12,29H2,1-3H3,(H2,28,30)(H,33,35)/b31-13?,34-24+. The van der Waals surface area contributed by atoms with Gasteiger partial charge in [0.2, 0.25) is 0 Å². The van der Waals surface area contributed by atoms with Crippen molar-refractivity contribution in [3.63, 3.8) is 0 Å². The van der Waals surface area contributed by atoms with Gasteiger partial charge < -0.3 is 16.9 Å². The van der Waals surface area contributed by atoms with Crippen LogP contribution in [0.5, 0.6) is 0 Å². The number of carbonyl (C=O) groups is 1. The molecule has 1 atom stereocenters. The first-order valence-corrected chi connectivity index (χ1v) is 11.4. The highest BCUT2D eigenvalue weighted by Crippen LogP contribution is 2.28. The van der Waals surface area contributed by atoms with E-state index >= 15 is 0 Å². The summed E-state index contributed by atoms with van der Waals surface area (Å²) in [6.07, 6.45) is 4.69. The number of benzene rings is 2. The van der Waals surface area contributed by atoms with Gasteiger partial charge in [0.05, 0.1) is 22.8 Å². The van der Waals surface area contributed by atoms with Crippen molar-refractivity contribution < 1.29 is 4.79 Å². The van der Waals surface area contributed by atoms with E-state index < -0.39 is 5.91 Å². The molecule has 1 unspecified atom stereocenters. The Morgan fingerprint density at radius 3 is 2.74 bits per heavy atom. The van der Waals surface area contributed by atoms with Gasteiger partial charge in [-0.2, -0.15) is 5.10 Å². The van der Waals surface area contributed by atoms with E-state index in [1.54, 1.807) is 12.4 Å². The third kappa shape index (κ3) is 5.07.